The van der Waals surface area contributed by atoms with Crippen LogP contribution in [0.4, 0.5) is 18.4 Å². The largest absolute Gasteiger partial charge is 0.511 e. The zero-order valence-corrected chi connectivity index (χ0v) is 29.7. The van der Waals surface area contributed by atoms with E-state index in [0.717, 1.165) is 17.4 Å². The molecule has 18 heteroatoms. The third kappa shape index (κ3) is 10.4. The van der Waals surface area contributed by atoms with Gasteiger partial charge in [-0.3, -0.25) is 9.97 Å². The summed E-state index contributed by atoms with van der Waals surface area (Å²) in [5.41, 5.74) is -3.25. The Morgan fingerprint density at radius 2 is 1.58 bits per heavy atom. The van der Waals surface area contributed by atoms with E-state index in [-0.39, 0.29) is 21.4 Å². The Kier molecular flexibility index (Phi) is 13.5. The van der Waals surface area contributed by atoms with Crippen molar-refractivity contribution in [3.63, 3.8) is 0 Å². The molecule has 0 aliphatic rings. The van der Waals surface area contributed by atoms with Crippen molar-refractivity contribution < 1.29 is 60.8 Å². The molecule has 0 bridgehead atoms. The highest BCUT2D eigenvalue weighted by Gasteiger charge is 2.53. The number of esters is 1. The maximum Gasteiger partial charge on any atom is 0.511 e. The molecule has 0 saturated heterocycles. The first-order chi connectivity index (χ1) is 22.4. The lowest BCUT2D eigenvalue weighted by Gasteiger charge is -2.23. The minimum atomic E-state index is -5.58. The Bertz CT molecular complexity index is 1710. The number of benzene rings is 2. The van der Waals surface area contributed by atoms with Gasteiger partial charge in [-0.25, -0.2) is 14.4 Å². The van der Waals surface area contributed by atoms with E-state index in [2.05, 4.69) is 25.2 Å². The van der Waals surface area contributed by atoms with Crippen LogP contribution in [0.15, 0.2) is 52.3 Å². The molecule has 2 N–H and O–H groups in total. The van der Waals surface area contributed by atoms with Crippen molar-refractivity contribution in [2.45, 2.75) is 65.3 Å². The van der Waals surface area contributed by atoms with Gasteiger partial charge in [-0.15, -0.1) is 11.3 Å². The van der Waals surface area contributed by atoms with Gasteiger partial charge in [0.2, 0.25) is 6.29 Å². The second kappa shape index (κ2) is 16.7. The molecule has 3 rings (SSSR count). The molecule has 262 valence electrons. The van der Waals surface area contributed by atoms with Gasteiger partial charge in [-0.2, -0.15) is 8.78 Å². The van der Waals surface area contributed by atoms with E-state index >= 15 is 8.78 Å². The Balaban J connectivity index is 1.69. The summed E-state index contributed by atoms with van der Waals surface area (Å²) in [7, 11) is -5.58. The molecule has 48 heavy (non-hydrogen) atoms. The van der Waals surface area contributed by atoms with E-state index in [1.807, 2.05) is 0 Å². The van der Waals surface area contributed by atoms with Crippen LogP contribution in [-0.4, -0.2) is 59.5 Å². The Morgan fingerprint density at radius 1 is 0.958 bits per heavy atom. The number of rotatable bonds is 14. The van der Waals surface area contributed by atoms with Gasteiger partial charge in [0.1, 0.15) is 6.61 Å². The van der Waals surface area contributed by atoms with E-state index in [9.17, 15) is 23.8 Å². The van der Waals surface area contributed by atoms with Crippen LogP contribution in [0.2, 0.25) is 0 Å². The molecule has 1 heterocycles. The first kappa shape index (κ1) is 38.8. The first-order valence-corrected chi connectivity index (χ1v) is 17.6. The number of carbonyl (C=O) groups is 3. The molecule has 0 aliphatic heterocycles. The number of thiazole rings is 1. The van der Waals surface area contributed by atoms with Crippen LogP contribution in [0.3, 0.4) is 0 Å². The number of hydrogen-bond donors (Lipinski definition) is 2. The predicted molar refractivity (Wildman–Crippen MR) is 172 cm³/mol. The van der Waals surface area contributed by atoms with Gasteiger partial charge < -0.3 is 37.7 Å². The van der Waals surface area contributed by atoms with Crippen LogP contribution in [0.5, 0.6) is 0 Å². The van der Waals surface area contributed by atoms with Gasteiger partial charge >= 0.3 is 31.5 Å². The maximum absolute atomic E-state index is 15.2. The molecule has 0 amide bonds. The summed E-state index contributed by atoms with van der Waals surface area (Å²) in [6.45, 7) is 6.51. The highest BCUT2D eigenvalue weighted by Crippen LogP contribution is 2.64. The molecular formula is C30H34BrF2N2O11PS. The SMILES string of the molecule is CC(C)OC(=O)OCCOP(=O)(O)C(F)(F)c1ccc(Cn2c(-c3ccc(C(=O)OC(C)OC(=O)OC(C)C)cc3)csc2=N)cc1Br. The van der Waals surface area contributed by atoms with Crippen molar-refractivity contribution >= 4 is 53.1 Å². The van der Waals surface area contributed by atoms with Gasteiger partial charge in [0, 0.05) is 22.3 Å². The van der Waals surface area contributed by atoms with Crippen LogP contribution in [0.1, 0.15) is 56.1 Å². The molecule has 0 spiro atoms. The number of aromatic nitrogens is 1. The Labute approximate surface area is 286 Å². The molecule has 3 aromatic rings. The lowest BCUT2D eigenvalue weighted by atomic mass is 10.1. The van der Waals surface area contributed by atoms with Crippen molar-refractivity contribution in [2.24, 2.45) is 0 Å². The number of hydrogen-bond acceptors (Lipinski definition) is 12. The predicted octanol–water partition coefficient (Wildman–Crippen LogP) is 7.38. The van der Waals surface area contributed by atoms with Gasteiger partial charge in [0.15, 0.2) is 4.80 Å². The van der Waals surface area contributed by atoms with Gasteiger partial charge in [-0.05, 0) is 57.0 Å². The minimum Gasteiger partial charge on any atom is -0.432 e. The van der Waals surface area contributed by atoms with Crippen LogP contribution in [0.25, 0.3) is 11.3 Å². The summed E-state index contributed by atoms with van der Waals surface area (Å²) < 4.78 is 73.1. The number of nitrogens with zero attached hydrogens (tertiary/aromatic N) is 1. The van der Waals surface area contributed by atoms with Crippen molar-refractivity contribution in [1.82, 2.24) is 4.57 Å². The zero-order valence-electron chi connectivity index (χ0n) is 26.4. The molecule has 1 aromatic heterocycles. The van der Waals surface area contributed by atoms with Crippen LogP contribution in [0, 0.1) is 5.41 Å². The second-order valence-electron chi connectivity index (χ2n) is 10.6. The maximum atomic E-state index is 15.2. The number of ether oxygens (including phenoxy) is 5. The average Bonchev–Trinajstić information content (AvgIpc) is 3.33. The molecule has 0 radical (unpaired) electrons. The van der Waals surface area contributed by atoms with E-state index < -0.39 is 68.8 Å². The highest BCUT2D eigenvalue weighted by atomic mass is 79.9. The fourth-order valence-corrected chi connectivity index (χ4v) is 6.52. The third-order valence-corrected chi connectivity index (χ3v) is 8.98. The van der Waals surface area contributed by atoms with Crippen molar-refractivity contribution in [1.29, 1.82) is 5.41 Å². The molecule has 0 saturated carbocycles. The number of carbonyl (C=O) groups excluding carboxylic acids is 3. The summed E-state index contributed by atoms with van der Waals surface area (Å²) in [6, 6.07) is 9.89. The first-order valence-electron chi connectivity index (χ1n) is 14.3. The molecule has 2 aromatic carbocycles. The second-order valence-corrected chi connectivity index (χ2v) is 14.1. The summed E-state index contributed by atoms with van der Waals surface area (Å²) in [4.78, 5) is 45.8. The standard InChI is InChI=1S/C30H34BrF2N2O11PS/c1-17(2)43-28(37)41-12-13-42-47(39,40)30(32,33)23-11-6-20(14-24(23)31)15-35-25(16-48-27(35)34)21-7-9-22(10-8-21)26(36)45-19(5)46-29(38)44-18(3)4/h6-11,14,16-19,34H,12-13,15H2,1-5H3,(H,39,40). The number of alkyl halides is 2. The van der Waals surface area contributed by atoms with Crippen LogP contribution < -0.4 is 4.80 Å². The molecule has 0 fully saturated rings. The topological polar surface area (TPSA) is 173 Å². The molecule has 13 nitrogen and oxygen atoms in total. The number of halogens is 3. The minimum absolute atomic E-state index is 0.0738. The van der Waals surface area contributed by atoms with E-state index in [0.29, 0.717) is 16.8 Å². The van der Waals surface area contributed by atoms with Crippen molar-refractivity contribution in [3.05, 3.63) is 73.8 Å². The average molecular weight is 780 g/mol. The van der Waals surface area contributed by atoms with E-state index in [4.69, 9.17) is 24.4 Å². The fourth-order valence-electron chi connectivity index (χ4n) is 3.93. The Hall–Kier alpha value is -3.63. The van der Waals surface area contributed by atoms with Gasteiger partial charge in [0.25, 0.3) is 0 Å². The summed E-state index contributed by atoms with van der Waals surface area (Å²) in [6.07, 6.45) is -4.13. The van der Waals surface area contributed by atoms with Crippen LogP contribution in [-0.2, 0) is 45.0 Å². The normalized spacial score (nSPS) is 13.5. The monoisotopic (exact) mass is 778 g/mol. The van der Waals surface area contributed by atoms with Crippen LogP contribution >= 0.6 is 34.9 Å². The third-order valence-electron chi connectivity index (χ3n) is 6.06. The number of nitrogens with one attached hydrogen (secondary N) is 1. The highest BCUT2D eigenvalue weighted by molar-refractivity contribution is 9.10. The smallest absolute Gasteiger partial charge is 0.432 e. The van der Waals surface area contributed by atoms with Gasteiger partial charge in [0.05, 0.1) is 36.6 Å². The lowest BCUT2D eigenvalue weighted by molar-refractivity contribution is -0.0866. The molecular weight excluding hydrogens is 745 g/mol. The van der Waals surface area contributed by atoms with Crippen molar-refractivity contribution in [2.75, 3.05) is 13.2 Å². The molecule has 2 atom stereocenters. The zero-order chi connectivity index (χ0) is 35.8. The Morgan fingerprint density at radius 3 is 2.19 bits per heavy atom. The molecule has 2 unspecified atom stereocenters. The van der Waals surface area contributed by atoms with Gasteiger partial charge in [-0.1, -0.05) is 40.2 Å². The summed E-state index contributed by atoms with van der Waals surface area (Å²) in [5.74, 6) is -0.745. The summed E-state index contributed by atoms with van der Waals surface area (Å²) >= 11 is 4.18. The van der Waals surface area contributed by atoms with E-state index in [1.165, 1.54) is 31.2 Å². The van der Waals surface area contributed by atoms with Crippen molar-refractivity contribution in [3.8, 4) is 11.3 Å². The lowest BCUT2D eigenvalue weighted by Crippen LogP contribution is -2.23. The van der Waals surface area contributed by atoms with E-state index in [1.54, 1.807) is 49.8 Å². The fraction of sp³-hybridized carbons (Fsp3) is 0.400. The summed E-state index contributed by atoms with van der Waals surface area (Å²) in [5, 5.41) is 10.1. The molecule has 0 aliphatic carbocycles. The quantitative estimate of drug-likeness (QED) is 0.0550.